The zero-order valence-electron chi connectivity index (χ0n) is 15.6. The molecule has 0 radical (unpaired) electrons. The number of anilines is 2. The van der Waals surface area contributed by atoms with Gasteiger partial charge in [0, 0.05) is 11.3 Å². The molecule has 2 heterocycles. The van der Waals surface area contributed by atoms with E-state index in [9.17, 15) is 13.6 Å². The molecular formula is C22H16F2N4OS. The Morgan fingerprint density at radius 2 is 1.87 bits per heavy atom. The van der Waals surface area contributed by atoms with Crippen LogP contribution >= 0.6 is 11.3 Å². The summed E-state index contributed by atoms with van der Waals surface area (Å²) < 4.78 is 26.5. The number of halogens is 2. The zero-order chi connectivity index (χ0) is 21.1. The van der Waals surface area contributed by atoms with Gasteiger partial charge in [-0.2, -0.15) is 0 Å². The average molecular weight is 422 g/mol. The summed E-state index contributed by atoms with van der Waals surface area (Å²) in [5.74, 6) is -2.06. The van der Waals surface area contributed by atoms with Crippen molar-refractivity contribution in [3.63, 3.8) is 0 Å². The van der Waals surface area contributed by atoms with Crippen molar-refractivity contribution < 1.29 is 13.6 Å². The van der Waals surface area contributed by atoms with Crippen LogP contribution in [0.4, 0.5) is 20.3 Å². The van der Waals surface area contributed by atoms with E-state index in [1.165, 1.54) is 17.4 Å². The molecule has 0 fully saturated rings. The molecule has 0 aliphatic rings. The number of nitrogens with zero attached hydrogens (tertiary/aromatic N) is 2. The van der Waals surface area contributed by atoms with Crippen LogP contribution in [0, 0.1) is 11.6 Å². The van der Waals surface area contributed by atoms with Gasteiger partial charge < -0.3 is 11.1 Å². The van der Waals surface area contributed by atoms with Crippen molar-refractivity contribution >= 4 is 28.7 Å². The van der Waals surface area contributed by atoms with Gasteiger partial charge in [-0.1, -0.05) is 24.3 Å². The second kappa shape index (κ2) is 8.38. The predicted molar refractivity (Wildman–Crippen MR) is 114 cm³/mol. The number of thiophene rings is 1. The van der Waals surface area contributed by atoms with Crippen LogP contribution in [0.3, 0.4) is 0 Å². The van der Waals surface area contributed by atoms with Gasteiger partial charge in [0.25, 0.3) is 0 Å². The summed E-state index contributed by atoms with van der Waals surface area (Å²) in [7, 11) is 0. The van der Waals surface area contributed by atoms with E-state index in [0.29, 0.717) is 28.5 Å². The summed E-state index contributed by atoms with van der Waals surface area (Å²) in [4.78, 5) is 22.4. The summed E-state index contributed by atoms with van der Waals surface area (Å²) in [6, 6.07) is 14.4. The van der Waals surface area contributed by atoms with E-state index >= 15 is 0 Å². The van der Waals surface area contributed by atoms with Gasteiger partial charge in [0.15, 0.2) is 17.5 Å². The second-order valence-corrected chi connectivity index (χ2v) is 7.47. The van der Waals surface area contributed by atoms with E-state index in [2.05, 4.69) is 15.3 Å². The molecule has 5 nitrogen and oxygen atoms in total. The van der Waals surface area contributed by atoms with Crippen molar-refractivity contribution in [1.82, 2.24) is 9.97 Å². The maximum atomic E-state index is 13.4. The molecule has 30 heavy (non-hydrogen) atoms. The highest BCUT2D eigenvalue weighted by Gasteiger charge is 2.15. The lowest BCUT2D eigenvalue weighted by atomic mass is 10.1. The number of amides is 1. The Labute approximate surface area is 175 Å². The molecule has 3 N–H and O–H groups in total. The molecule has 8 heteroatoms. The quantitative estimate of drug-likeness (QED) is 0.448. The lowest BCUT2D eigenvalue weighted by Gasteiger charge is -2.11. The van der Waals surface area contributed by atoms with Gasteiger partial charge >= 0.3 is 0 Å². The summed E-state index contributed by atoms with van der Waals surface area (Å²) in [5.41, 5.74) is 8.75. The van der Waals surface area contributed by atoms with Crippen molar-refractivity contribution in [3.05, 3.63) is 83.4 Å². The van der Waals surface area contributed by atoms with Crippen LogP contribution in [-0.2, 0) is 11.2 Å². The van der Waals surface area contributed by atoms with Crippen LogP contribution < -0.4 is 11.1 Å². The smallest absolute Gasteiger partial charge is 0.230 e. The van der Waals surface area contributed by atoms with Gasteiger partial charge in [0.1, 0.15) is 5.69 Å². The van der Waals surface area contributed by atoms with Gasteiger partial charge in [0.05, 0.1) is 23.2 Å². The van der Waals surface area contributed by atoms with Gasteiger partial charge in [-0.15, -0.1) is 11.3 Å². The third-order valence-electron chi connectivity index (χ3n) is 4.34. The van der Waals surface area contributed by atoms with E-state index in [4.69, 9.17) is 5.73 Å². The molecule has 0 spiro atoms. The number of hydrogen-bond acceptors (Lipinski definition) is 5. The monoisotopic (exact) mass is 422 g/mol. The molecule has 150 valence electrons. The Bertz CT molecular complexity index is 1190. The number of nitrogen functional groups attached to an aromatic ring is 1. The van der Waals surface area contributed by atoms with E-state index in [-0.39, 0.29) is 6.42 Å². The van der Waals surface area contributed by atoms with Crippen LogP contribution in [-0.4, -0.2) is 15.9 Å². The van der Waals surface area contributed by atoms with Crippen molar-refractivity contribution in [2.24, 2.45) is 0 Å². The molecule has 4 aromatic rings. The molecule has 0 aliphatic carbocycles. The lowest BCUT2D eigenvalue weighted by Crippen LogP contribution is -2.16. The number of nitrogens with two attached hydrogens (primary N) is 1. The fourth-order valence-electron chi connectivity index (χ4n) is 2.87. The summed E-state index contributed by atoms with van der Waals surface area (Å²) >= 11 is 1.47. The highest BCUT2D eigenvalue weighted by atomic mass is 32.1. The minimum Gasteiger partial charge on any atom is -0.399 e. The Morgan fingerprint density at radius 1 is 1.07 bits per heavy atom. The summed E-state index contributed by atoms with van der Waals surface area (Å²) in [6.45, 7) is 0. The number of rotatable bonds is 5. The number of benzene rings is 2. The van der Waals surface area contributed by atoms with Crippen LogP contribution in [0.5, 0.6) is 0 Å². The molecule has 4 rings (SSSR count). The fourth-order valence-corrected chi connectivity index (χ4v) is 3.58. The Morgan fingerprint density at radius 3 is 2.57 bits per heavy atom. The van der Waals surface area contributed by atoms with Gasteiger partial charge in [-0.25, -0.2) is 18.7 Å². The number of carbonyl (C=O) groups excluding carboxylic acids is 1. The molecule has 0 bridgehead atoms. The van der Waals surface area contributed by atoms with Crippen LogP contribution in [0.1, 0.15) is 5.56 Å². The average Bonchev–Trinajstić information content (AvgIpc) is 3.26. The molecule has 0 aliphatic heterocycles. The Hall–Kier alpha value is -3.65. The minimum atomic E-state index is -0.993. The second-order valence-electron chi connectivity index (χ2n) is 6.53. The third kappa shape index (κ3) is 4.33. The summed E-state index contributed by atoms with van der Waals surface area (Å²) in [6.07, 6.45) is 1.44. The SMILES string of the molecule is Nc1ccc(-c2cnc(NC(=O)Cc3ccc(F)c(F)c3)c(-c3cccs3)n2)cc1. The van der Waals surface area contributed by atoms with E-state index in [1.54, 1.807) is 18.3 Å². The fraction of sp³-hybridized carbons (Fsp3) is 0.0455. The molecule has 2 aromatic carbocycles. The van der Waals surface area contributed by atoms with Crippen LogP contribution in [0.2, 0.25) is 0 Å². The van der Waals surface area contributed by atoms with Crippen molar-refractivity contribution in [1.29, 1.82) is 0 Å². The van der Waals surface area contributed by atoms with Crippen molar-refractivity contribution in [2.75, 3.05) is 11.1 Å². The topological polar surface area (TPSA) is 80.9 Å². The molecule has 2 aromatic heterocycles. The summed E-state index contributed by atoms with van der Waals surface area (Å²) in [5, 5.41) is 4.63. The predicted octanol–water partition coefficient (Wildman–Crippen LogP) is 4.91. The maximum Gasteiger partial charge on any atom is 0.230 e. The Kier molecular flexibility index (Phi) is 5.49. The number of carbonyl (C=O) groups is 1. The van der Waals surface area contributed by atoms with Crippen molar-refractivity contribution in [2.45, 2.75) is 6.42 Å². The van der Waals surface area contributed by atoms with E-state index in [1.807, 2.05) is 29.6 Å². The first-order valence-electron chi connectivity index (χ1n) is 9.00. The maximum absolute atomic E-state index is 13.4. The molecular weight excluding hydrogens is 406 g/mol. The lowest BCUT2D eigenvalue weighted by molar-refractivity contribution is -0.115. The standard InChI is InChI=1S/C22H16F2N4OS/c23-16-8-3-13(10-17(16)24)11-20(29)28-22-21(19-2-1-9-30-19)27-18(12-26-22)14-4-6-15(25)7-5-14/h1-10,12H,11,25H2,(H,26,28,29). The first-order valence-corrected chi connectivity index (χ1v) is 9.88. The molecule has 0 saturated heterocycles. The van der Waals surface area contributed by atoms with Crippen molar-refractivity contribution in [3.8, 4) is 21.8 Å². The molecule has 0 atom stereocenters. The highest BCUT2D eigenvalue weighted by Crippen LogP contribution is 2.31. The van der Waals surface area contributed by atoms with Gasteiger partial charge in [0.2, 0.25) is 5.91 Å². The minimum absolute atomic E-state index is 0.123. The first kappa shape index (κ1) is 19.7. The van der Waals surface area contributed by atoms with Gasteiger partial charge in [-0.3, -0.25) is 4.79 Å². The zero-order valence-corrected chi connectivity index (χ0v) is 16.4. The Balaban J connectivity index is 1.62. The third-order valence-corrected chi connectivity index (χ3v) is 5.22. The van der Waals surface area contributed by atoms with Crippen LogP contribution in [0.25, 0.3) is 21.8 Å². The number of nitrogens with one attached hydrogen (secondary N) is 1. The normalized spacial score (nSPS) is 10.7. The van der Waals surface area contributed by atoms with E-state index < -0.39 is 17.5 Å². The highest BCUT2D eigenvalue weighted by molar-refractivity contribution is 7.13. The molecule has 0 saturated carbocycles. The van der Waals surface area contributed by atoms with E-state index in [0.717, 1.165) is 22.6 Å². The largest absolute Gasteiger partial charge is 0.399 e. The molecule has 0 unspecified atom stereocenters. The number of hydrogen-bond donors (Lipinski definition) is 2. The first-order chi connectivity index (χ1) is 14.5. The molecule has 1 amide bonds. The van der Waals surface area contributed by atoms with Gasteiger partial charge in [-0.05, 0) is 41.3 Å². The van der Waals surface area contributed by atoms with Crippen LogP contribution in [0.15, 0.2) is 66.2 Å². The number of aromatic nitrogens is 2.